The molecule has 3 aromatic rings. The molecule has 16 amide bonds. The molecule has 0 bridgehead atoms. The molecule has 828 valence electrons. The third-order valence-electron chi connectivity index (χ3n) is 24.2. The third kappa shape index (κ3) is 50.7. The number of benzene rings is 2. The van der Waals surface area contributed by atoms with Crippen molar-refractivity contribution in [3.8, 4) is 0 Å². The number of aryl methyl sites for hydroxylation is 1. The second-order valence-electron chi connectivity index (χ2n) is 36.3. The number of carbonyl (C=O) groups is 19. The number of hydrogen-bond donors (Lipinski definition) is 27. The lowest BCUT2D eigenvalue weighted by Crippen LogP contribution is -2.62. The molecule has 6 rings (SSSR count). The molecule has 0 saturated carbocycles. The van der Waals surface area contributed by atoms with E-state index in [4.69, 9.17) is 25.7 Å². The zero-order valence-corrected chi connectivity index (χ0v) is 84.7. The van der Waals surface area contributed by atoms with Crippen molar-refractivity contribution in [2.45, 2.75) is 273 Å². The minimum atomic E-state index is -2.09. The lowest BCUT2D eigenvalue weighted by Gasteiger charge is -2.31. The first-order valence-corrected chi connectivity index (χ1v) is 50.6. The van der Waals surface area contributed by atoms with Crippen LogP contribution in [0.25, 0.3) is 10.9 Å². The van der Waals surface area contributed by atoms with Crippen LogP contribution in [0.5, 0.6) is 0 Å². The number of guanidine groups is 1. The van der Waals surface area contributed by atoms with Gasteiger partial charge in [0.2, 0.25) is 94.5 Å². The lowest BCUT2D eigenvalue weighted by molar-refractivity contribution is -0.143. The number of H-pyrrole nitrogens is 1. The number of ether oxygens (including phenoxy) is 2. The number of aromatic amines is 1. The maximum Gasteiger partial charge on any atom is 0.317 e. The third-order valence-corrected chi connectivity index (χ3v) is 24.2. The van der Waals surface area contributed by atoms with Gasteiger partial charge in [-0.2, -0.15) is 0 Å². The van der Waals surface area contributed by atoms with Crippen LogP contribution in [0.2, 0.25) is 0 Å². The number of aliphatic hydroxyl groups excluding tert-OH is 5. The summed E-state index contributed by atoms with van der Waals surface area (Å²) in [5, 5.41) is 127. The molecule has 0 aliphatic carbocycles. The molecule has 1 aromatic heterocycles. The summed E-state index contributed by atoms with van der Waals surface area (Å²) in [4.78, 5) is 267. The molecule has 149 heavy (non-hydrogen) atoms. The Morgan fingerprint density at radius 2 is 1.03 bits per heavy atom. The summed E-state index contributed by atoms with van der Waals surface area (Å²) in [6, 6.07) is -3.59. The van der Waals surface area contributed by atoms with Crippen LogP contribution < -0.4 is 90.8 Å². The molecular weight excluding hydrogens is 1950 g/mol. The number of aliphatic carboxylic acids is 3. The van der Waals surface area contributed by atoms with Crippen molar-refractivity contribution in [1.82, 2.24) is 99.9 Å². The molecule has 4 heterocycles. The molecule has 28 N–H and O–H groups in total. The van der Waals surface area contributed by atoms with E-state index in [-0.39, 0.29) is 136 Å². The fraction of sp³-hybridized carbons (Fsp3) is 0.622. The standard InChI is InChI=1S/C91H144N22O29.C7H8/c1-56(119)101-63-33-36-95-74(121)32-31-64(104-84(134)65(45-57-47-99-60-25-17-16-24-59(57)60)105-81(131)61(27-21-35-98-91(92)93)102-75(122)48-100-79(129)66(106-83(63)133)46-58-23-20-34-94-58)90(140)113-40-22-28-72(113)89(139)111-71(55-118)88(138)110-70(54-117)87(137)109-68(52-115)85(135)103-62(26-18-19-39-112(49-77(125)126)50-78(127)128)82(132)108-69(53-116)86(136)107-67(51-114)80(130)97-38-42-142-44-43-141-41-37-96-73(120)29-14-12-10-8-6-4-2-3-5-7-9-11-13-15-30-76(123)124;1-7-5-3-2-4-6-7/h16-17,23-25,34,47,61-72,99,114-118H,2-15,18-22,26-33,35-46,48-55H2,1H3,(H,95,121)(H,96,120)(H,97,130)(H,100,129)(H,101,119)(H,102,122)(H,103,135)(H,104,134)(H,105,131)(H,106,133)(H,107,136)(H,108,132)(H,109,137)(H,110,138)(H,111,139)(H,123,124)(H,125,126)(H,127,128)(H4,92,93,98);2-6H,1H3/t61-,62-,63-,64-,65-,66-,67-,68-,69-,70-,71-,72-;/m0./s1. The number of carboxylic acids is 3. The number of allylic oxidation sites excluding steroid dienone is 1. The number of nitrogens with one attached hydrogen (secondary N) is 18. The number of fused-ring (bicyclic) bond motifs is 1. The van der Waals surface area contributed by atoms with Crippen LogP contribution in [0.4, 0.5) is 0 Å². The van der Waals surface area contributed by atoms with Gasteiger partial charge >= 0.3 is 17.9 Å². The van der Waals surface area contributed by atoms with E-state index in [1.807, 2.05) is 18.2 Å². The maximum absolute atomic E-state index is 15.3. The Morgan fingerprint density at radius 1 is 0.517 bits per heavy atom. The predicted molar refractivity (Wildman–Crippen MR) is 540 cm³/mol. The van der Waals surface area contributed by atoms with E-state index < -0.39 is 257 Å². The number of likely N-dealkylation sites (tertiary alicyclic amines) is 1. The van der Waals surface area contributed by atoms with Gasteiger partial charge in [0.15, 0.2) is 5.96 Å². The van der Waals surface area contributed by atoms with Gasteiger partial charge < -0.3 is 151 Å². The number of nitrogens with zero attached hydrogens (tertiary/aromatic N) is 3. The Balaban J connectivity index is 0.00000533. The minimum Gasteiger partial charge on any atom is -0.481 e. The van der Waals surface area contributed by atoms with Gasteiger partial charge in [-0.05, 0) is 95.7 Å². The van der Waals surface area contributed by atoms with Gasteiger partial charge in [0, 0.05) is 107 Å². The van der Waals surface area contributed by atoms with Gasteiger partial charge in [-0.3, -0.25) is 106 Å². The van der Waals surface area contributed by atoms with Crippen LogP contribution in [0, 0.1) is 12.3 Å². The summed E-state index contributed by atoms with van der Waals surface area (Å²) in [6.07, 6.45) is 18.2. The van der Waals surface area contributed by atoms with E-state index in [0.29, 0.717) is 35.0 Å². The number of carboxylic acid groups (broad SMARTS) is 3. The predicted octanol–water partition coefficient (Wildman–Crippen LogP) is -4.33. The van der Waals surface area contributed by atoms with E-state index in [1.165, 1.54) is 37.7 Å². The van der Waals surface area contributed by atoms with E-state index in [0.717, 1.165) is 74.5 Å². The number of aromatic nitrogens is 1. The highest BCUT2D eigenvalue weighted by atomic mass is 16.5. The molecule has 3 aliphatic heterocycles. The van der Waals surface area contributed by atoms with Gasteiger partial charge in [-0.15, -0.1) is 0 Å². The molecule has 51 heteroatoms. The van der Waals surface area contributed by atoms with Gasteiger partial charge in [0.25, 0.3) is 0 Å². The second kappa shape index (κ2) is 71.8. The first-order chi connectivity index (χ1) is 71.5. The number of amides is 16. The van der Waals surface area contributed by atoms with Gasteiger partial charge in [-0.1, -0.05) is 137 Å². The first kappa shape index (κ1) is 126. The molecule has 0 unspecified atom stereocenters. The number of carbonyl (C=O) groups excluding carboxylic acids is 16. The Morgan fingerprint density at radius 3 is 1.57 bits per heavy atom. The fourth-order valence-corrected chi connectivity index (χ4v) is 16.3. The first-order valence-electron chi connectivity index (χ1n) is 50.6. The fourth-order valence-electron chi connectivity index (χ4n) is 16.3. The number of nitrogens with two attached hydrogens (primary N) is 1. The van der Waals surface area contributed by atoms with Gasteiger partial charge in [0.1, 0.15) is 72.5 Å². The number of aliphatic hydroxyl groups is 5. The highest BCUT2D eigenvalue weighted by Gasteiger charge is 2.42. The zero-order valence-electron chi connectivity index (χ0n) is 84.7. The number of para-hydroxylation sites is 1. The van der Waals surface area contributed by atoms with Crippen LogP contribution in [-0.2, 0) is 107 Å². The van der Waals surface area contributed by atoms with Gasteiger partial charge in [-0.25, -0.2) is 0 Å². The van der Waals surface area contributed by atoms with Crippen LogP contribution in [0.1, 0.15) is 198 Å². The quantitative estimate of drug-likeness (QED) is 0.0144. The Kier molecular flexibility index (Phi) is 60.6. The SMILES string of the molecule is CC(=O)N[C@H]1CCNC(=O)CC[C@@H](C(=O)N2CCC[C@H]2C(=O)N[C@@H](CO)C(=O)N[C@@H](CO)C(=O)N[C@@H](CO)C(=O)N[C@@H](CCCCN(CC(=O)O)CC(=O)O)C(=O)N[C@@H](CO)C(=O)N[C@@H](CO)C(=O)NCCOCCOCCNC(=O)CCCCCCCCCCCCCCCCC(=O)O)NC(=O)[C@H](Cc2c[nH]c3ccccc23)NC(=O)[C@H](CCCNC(=N)N)NC(=O)CNC(=O)[C@H](CC2=CCC=N2)NC1=O.Cc1ccccc1. The molecule has 51 nitrogen and oxygen atoms in total. The van der Waals surface area contributed by atoms with Crippen molar-refractivity contribution < 1.29 is 141 Å². The van der Waals surface area contributed by atoms with Crippen molar-refractivity contribution in [3.05, 3.63) is 83.7 Å². The van der Waals surface area contributed by atoms with Crippen molar-refractivity contribution >= 4 is 135 Å². The van der Waals surface area contributed by atoms with Crippen molar-refractivity contribution in [3.63, 3.8) is 0 Å². The number of rotatable bonds is 63. The summed E-state index contributed by atoms with van der Waals surface area (Å²) < 4.78 is 11.0. The highest BCUT2D eigenvalue weighted by molar-refractivity contribution is 6.01. The normalized spacial score (nSPS) is 18.0. The molecule has 0 radical (unpaired) electrons. The molecule has 2 aromatic carbocycles. The maximum atomic E-state index is 15.3. The summed E-state index contributed by atoms with van der Waals surface area (Å²) in [5.41, 5.74) is 8.33. The number of aliphatic imine (C=N–C) groups is 1. The van der Waals surface area contributed by atoms with Gasteiger partial charge in [0.05, 0.1) is 79.1 Å². The van der Waals surface area contributed by atoms with Crippen molar-refractivity contribution in [2.75, 3.05) is 118 Å². The molecule has 2 saturated heterocycles. The van der Waals surface area contributed by atoms with E-state index in [1.54, 1.807) is 42.8 Å². The number of hydrogen-bond acceptors (Lipinski definition) is 29. The average Bonchev–Trinajstić information content (AvgIpc) is 1.69. The van der Waals surface area contributed by atoms with E-state index >= 15 is 9.59 Å². The monoisotopic (exact) mass is 2100 g/mol. The molecule has 3 aliphatic rings. The molecular formula is C98H152N22O29. The number of unbranched alkanes of at least 4 members (excludes halogenated alkanes) is 14. The lowest BCUT2D eigenvalue weighted by atomic mass is 10.0. The van der Waals surface area contributed by atoms with Crippen LogP contribution in [0.3, 0.4) is 0 Å². The Bertz CT molecular complexity index is 4860. The van der Waals surface area contributed by atoms with Crippen LogP contribution in [-0.4, -0.2) is 371 Å². The molecule has 2 fully saturated rings. The van der Waals surface area contributed by atoms with Crippen LogP contribution >= 0.6 is 0 Å². The van der Waals surface area contributed by atoms with E-state index in [2.05, 4.69) is 114 Å². The summed E-state index contributed by atoms with van der Waals surface area (Å²) in [7, 11) is 0. The smallest absolute Gasteiger partial charge is 0.317 e. The molecule has 0 spiro atoms. The summed E-state index contributed by atoms with van der Waals surface area (Å²) in [6.45, 7) is -5.18. The molecule has 12 atom stereocenters. The van der Waals surface area contributed by atoms with E-state index in [9.17, 15) is 117 Å². The van der Waals surface area contributed by atoms with Crippen molar-refractivity contribution in [1.29, 1.82) is 5.41 Å². The minimum absolute atomic E-state index is 0.0125. The Hall–Kier alpha value is -13.7. The van der Waals surface area contributed by atoms with Crippen LogP contribution in [0.15, 0.2) is 77.6 Å². The van der Waals surface area contributed by atoms with Crippen molar-refractivity contribution in [2.24, 2.45) is 10.7 Å². The zero-order chi connectivity index (χ0) is 109. The second-order valence-corrected chi connectivity index (χ2v) is 36.3. The Labute approximate surface area is 863 Å². The highest BCUT2D eigenvalue weighted by Crippen LogP contribution is 2.24. The largest absolute Gasteiger partial charge is 0.481 e. The summed E-state index contributed by atoms with van der Waals surface area (Å²) in [5.74, 6) is -19.8. The average molecular weight is 2100 g/mol. The summed E-state index contributed by atoms with van der Waals surface area (Å²) >= 11 is 0. The topological polar surface area (TPSA) is 782 Å².